The van der Waals surface area contributed by atoms with Crippen LogP contribution in [0.3, 0.4) is 0 Å². The van der Waals surface area contributed by atoms with E-state index in [0.717, 1.165) is 17.7 Å². The molecular weight excluding hydrogens is 268 g/mol. The molecule has 1 heterocycles. The van der Waals surface area contributed by atoms with E-state index in [4.69, 9.17) is 0 Å². The van der Waals surface area contributed by atoms with Crippen molar-refractivity contribution in [1.29, 1.82) is 0 Å². The van der Waals surface area contributed by atoms with Crippen LogP contribution < -0.4 is 0 Å². The highest BCUT2D eigenvalue weighted by Gasteiger charge is 2.34. The molecule has 0 spiro atoms. The SMILES string of the molecule is CN(CC1CC1)C(=O)N1Cc2ccccc2C(C(=O)O)C1. The van der Waals surface area contributed by atoms with Crippen molar-refractivity contribution < 1.29 is 14.7 Å². The molecule has 2 aliphatic rings. The van der Waals surface area contributed by atoms with Gasteiger partial charge in [-0.15, -0.1) is 0 Å². The molecule has 5 heteroatoms. The number of rotatable bonds is 3. The van der Waals surface area contributed by atoms with Crippen LogP contribution in [0.1, 0.15) is 29.9 Å². The molecule has 1 aromatic carbocycles. The molecule has 0 radical (unpaired) electrons. The second kappa shape index (κ2) is 5.39. The van der Waals surface area contributed by atoms with Gasteiger partial charge in [-0.3, -0.25) is 4.79 Å². The molecule has 0 bridgehead atoms. The Balaban J connectivity index is 1.78. The Morgan fingerprint density at radius 3 is 2.71 bits per heavy atom. The summed E-state index contributed by atoms with van der Waals surface area (Å²) in [6, 6.07) is 7.43. The van der Waals surface area contributed by atoms with E-state index >= 15 is 0 Å². The Kier molecular flexibility index (Phi) is 3.57. The Hall–Kier alpha value is -2.04. The summed E-state index contributed by atoms with van der Waals surface area (Å²) in [6.45, 7) is 1.52. The summed E-state index contributed by atoms with van der Waals surface area (Å²) in [5, 5.41) is 9.43. The zero-order valence-electron chi connectivity index (χ0n) is 12.2. The van der Waals surface area contributed by atoms with E-state index in [1.165, 1.54) is 12.8 Å². The molecule has 0 saturated heterocycles. The minimum Gasteiger partial charge on any atom is -0.481 e. The van der Waals surface area contributed by atoms with Crippen LogP contribution in [0.15, 0.2) is 24.3 Å². The van der Waals surface area contributed by atoms with Gasteiger partial charge in [0, 0.05) is 26.7 Å². The van der Waals surface area contributed by atoms with Crippen molar-refractivity contribution in [2.45, 2.75) is 25.3 Å². The van der Waals surface area contributed by atoms with Crippen molar-refractivity contribution in [2.75, 3.05) is 20.1 Å². The van der Waals surface area contributed by atoms with Crippen LogP contribution >= 0.6 is 0 Å². The van der Waals surface area contributed by atoms with Gasteiger partial charge in [0.2, 0.25) is 0 Å². The largest absolute Gasteiger partial charge is 0.481 e. The highest BCUT2D eigenvalue weighted by molar-refractivity contribution is 5.80. The van der Waals surface area contributed by atoms with E-state index in [9.17, 15) is 14.7 Å². The number of carboxylic acids is 1. The lowest BCUT2D eigenvalue weighted by molar-refractivity contribution is -0.139. The first-order chi connectivity index (χ1) is 10.1. The average molecular weight is 288 g/mol. The van der Waals surface area contributed by atoms with Crippen LogP contribution in [0.2, 0.25) is 0 Å². The second-order valence-corrected chi connectivity index (χ2v) is 6.08. The fourth-order valence-corrected chi connectivity index (χ4v) is 2.97. The maximum absolute atomic E-state index is 12.5. The van der Waals surface area contributed by atoms with Gasteiger partial charge >= 0.3 is 12.0 Å². The summed E-state index contributed by atoms with van der Waals surface area (Å²) in [4.78, 5) is 27.4. The van der Waals surface area contributed by atoms with E-state index in [1.54, 1.807) is 16.8 Å². The topological polar surface area (TPSA) is 60.9 Å². The third kappa shape index (κ3) is 2.86. The minimum atomic E-state index is -0.871. The van der Waals surface area contributed by atoms with Gasteiger partial charge in [-0.05, 0) is 29.9 Å². The second-order valence-electron chi connectivity index (χ2n) is 6.08. The number of urea groups is 1. The number of fused-ring (bicyclic) bond motifs is 1. The summed E-state index contributed by atoms with van der Waals surface area (Å²) in [5.74, 6) is -0.871. The molecule has 5 nitrogen and oxygen atoms in total. The van der Waals surface area contributed by atoms with Gasteiger partial charge < -0.3 is 14.9 Å². The normalized spacial score (nSPS) is 20.8. The van der Waals surface area contributed by atoms with Gasteiger partial charge in [-0.2, -0.15) is 0 Å². The van der Waals surface area contributed by atoms with Gasteiger partial charge in [-0.25, -0.2) is 4.79 Å². The van der Waals surface area contributed by atoms with Crippen molar-refractivity contribution in [2.24, 2.45) is 5.92 Å². The summed E-state index contributed by atoms with van der Waals surface area (Å²) < 4.78 is 0. The lowest BCUT2D eigenvalue weighted by Gasteiger charge is -2.35. The van der Waals surface area contributed by atoms with Gasteiger partial charge in [0.05, 0.1) is 5.92 Å². The minimum absolute atomic E-state index is 0.0670. The zero-order chi connectivity index (χ0) is 15.0. The summed E-state index contributed by atoms with van der Waals surface area (Å²) >= 11 is 0. The molecule has 1 N–H and O–H groups in total. The van der Waals surface area contributed by atoms with E-state index in [0.29, 0.717) is 12.5 Å². The van der Waals surface area contributed by atoms with Gasteiger partial charge in [0.25, 0.3) is 0 Å². The lowest BCUT2D eigenvalue weighted by Crippen LogP contribution is -2.46. The first kappa shape index (κ1) is 13.9. The van der Waals surface area contributed by atoms with Crippen molar-refractivity contribution in [3.8, 4) is 0 Å². The smallest absolute Gasteiger partial charge is 0.320 e. The molecule has 1 atom stereocenters. The maximum Gasteiger partial charge on any atom is 0.320 e. The van der Waals surface area contributed by atoms with Crippen molar-refractivity contribution in [1.82, 2.24) is 9.80 Å². The number of carboxylic acid groups (broad SMARTS) is 1. The number of carbonyl (C=O) groups excluding carboxylic acids is 1. The molecule has 3 rings (SSSR count). The summed E-state index contributed by atoms with van der Waals surface area (Å²) in [5.41, 5.74) is 1.77. The number of carbonyl (C=O) groups is 2. The fourth-order valence-electron chi connectivity index (χ4n) is 2.97. The highest BCUT2D eigenvalue weighted by Crippen LogP contribution is 2.31. The molecule has 1 aliphatic heterocycles. The molecule has 1 aliphatic carbocycles. The zero-order valence-corrected chi connectivity index (χ0v) is 12.2. The van der Waals surface area contributed by atoms with Gasteiger partial charge in [-0.1, -0.05) is 24.3 Å². The third-order valence-electron chi connectivity index (χ3n) is 4.32. The molecule has 0 aromatic heterocycles. The number of hydrogen-bond donors (Lipinski definition) is 1. The van der Waals surface area contributed by atoms with Crippen LogP contribution in [-0.2, 0) is 11.3 Å². The van der Waals surface area contributed by atoms with Crippen LogP contribution in [-0.4, -0.2) is 47.0 Å². The van der Waals surface area contributed by atoms with E-state index in [1.807, 2.05) is 24.3 Å². The number of hydrogen-bond acceptors (Lipinski definition) is 2. The summed E-state index contributed by atoms with van der Waals surface area (Å²) in [6.07, 6.45) is 2.39. The summed E-state index contributed by atoms with van der Waals surface area (Å²) in [7, 11) is 1.80. The number of amides is 2. The molecule has 2 amide bonds. The van der Waals surface area contributed by atoms with Crippen molar-refractivity contribution in [3.05, 3.63) is 35.4 Å². The Morgan fingerprint density at radius 2 is 2.05 bits per heavy atom. The van der Waals surface area contributed by atoms with Crippen LogP contribution in [0.4, 0.5) is 4.79 Å². The molecule has 21 heavy (non-hydrogen) atoms. The van der Waals surface area contributed by atoms with Gasteiger partial charge in [0.1, 0.15) is 0 Å². The average Bonchev–Trinajstić information content (AvgIpc) is 3.29. The Morgan fingerprint density at radius 1 is 1.33 bits per heavy atom. The monoisotopic (exact) mass is 288 g/mol. The standard InChI is InChI=1S/C16H20N2O3/c1-17(8-11-6-7-11)16(21)18-9-12-4-2-3-5-13(12)14(10-18)15(19)20/h2-5,11,14H,6-10H2,1H3,(H,19,20). The molecule has 1 aromatic rings. The number of benzene rings is 1. The predicted molar refractivity (Wildman–Crippen MR) is 78.0 cm³/mol. The predicted octanol–water partition coefficient (Wildman–Crippen LogP) is 2.13. The molecule has 112 valence electrons. The maximum atomic E-state index is 12.5. The first-order valence-corrected chi connectivity index (χ1v) is 7.37. The molecule has 1 saturated carbocycles. The quantitative estimate of drug-likeness (QED) is 0.927. The molecule has 1 fully saturated rings. The first-order valence-electron chi connectivity index (χ1n) is 7.37. The number of aliphatic carboxylic acids is 1. The number of nitrogens with zero attached hydrogens (tertiary/aromatic N) is 2. The van der Waals surface area contributed by atoms with Crippen LogP contribution in [0.25, 0.3) is 0 Å². The van der Waals surface area contributed by atoms with E-state index in [-0.39, 0.29) is 12.6 Å². The van der Waals surface area contributed by atoms with Crippen molar-refractivity contribution >= 4 is 12.0 Å². The van der Waals surface area contributed by atoms with Crippen molar-refractivity contribution in [3.63, 3.8) is 0 Å². The highest BCUT2D eigenvalue weighted by atomic mass is 16.4. The lowest BCUT2D eigenvalue weighted by atomic mass is 9.90. The Labute approximate surface area is 124 Å². The van der Waals surface area contributed by atoms with E-state index in [2.05, 4.69) is 0 Å². The molecule has 1 unspecified atom stereocenters. The Bertz CT molecular complexity index is 568. The fraction of sp³-hybridized carbons (Fsp3) is 0.500. The van der Waals surface area contributed by atoms with Gasteiger partial charge in [0.15, 0.2) is 0 Å². The van der Waals surface area contributed by atoms with Crippen LogP contribution in [0.5, 0.6) is 0 Å². The third-order valence-corrected chi connectivity index (χ3v) is 4.32. The van der Waals surface area contributed by atoms with Crippen LogP contribution in [0, 0.1) is 5.92 Å². The molecular formula is C16H20N2O3. The van der Waals surface area contributed by atoms with E-state index < -0.39 is 11.9 Å².